The van der Waals surface area contributed by atoms with Crippen LogP contribution in [0.3, 0.4) is 0 Å². The first-order chi connectivity index (χ1) is 17.3. The van der Waals surface area contributed by atoms with Gasteiger partial charge in [-0.1, -0.05) is 72.2 Å². The summed E-state index contributed by atoms with van der Waals surface area (Å²) in [6.45, 7) is 14.1. The molecule has 198 valence electrons. The van der Waals surface area contributed by atoms with Crippen LogP contribution in [0.15, 0.2) is 70.9 Å². The van der Waals surface area contributed by atoms with Crippen LogP contribution in [0.2, 0.25) is 0 Å². The molecule has 0 spiro atoms. The summed E-state index contributed by atoms with van der Waals surface area (Å²) in [6, 6.07) is 8.70. The Morgan fingerprint density at radius 3 is 2.08 bits per heavy atom. The van der Waals surface area contributed by atoms with Crippen LogP contribution in [0.5, 0.6) is 0 Å². The third-order valence-electron chi connectivity index (χ3n) is 8.28. The number of ketones is 3. The topological polar surface area (TPSA) is 71.4 Å². The van der Waals surface area contributed by atoms with Gasteiger partial charge in [-0.05, 0) is 85.0 Å². The maximum atomic E-state index is 14.3. The Balaban J connectivity index is 2.27. The predicted molar refractivity (Wildman–Crippen MR) is 150 cm³/mol. The summed E-state index contributed by atoms with van der Waals surface area (Å²) in [7, 11) is 0. The van der Waals surface area contributed by atoms with Gasteiger partial charge in [0.2, 0.25) is 0 Å². The molecule has 0 amide bonds. The highest BCUT2D eigenvalue weighted by Crippen LogP contribution is 2.60. The number of Topliss-reactive ketones (excluding diaryl/α,β-unsaturated/α-hetero) is 3. The van der Waals surface area contributed by atoms with E-state index in [9.17, 15) is 19.5 Å². The van der Waals surface area contributed by atoms with Gasteiger partial charge >= 0.3 is 0 Å². The van der Waals surface area contributed by atoms with Crippen molar-refractivity contribution in [3.05, 3.63) is 76.4 Å². The van der Waals surface area contributed by atoms with Crippen molar-refractivity contribution in [3.8, 4) is 0 Å². The molecular weight excluding hydrogens is 460 g/mol. The van der Waals surface area contributed by atoms with E-state index in [4.69, 9.17) is 0 Å². The van der Waals surface area contributed by atoms with Crippen molar-refractivity contribution < 1.29 is 19.5 Å². The number of aliphatic hydroxyl groups excluding tert-OH is 1. The zero-order chi connectivity index (χ0) is 27.5. The molecule has 3 rings (SSSR count). The quantitative estimate of drug-likeness (QED) is 0.130. The highest BCUT2D eigenvalue weighted by atomic mass is 16.3. The van der Waals surface area contributed by atoms with Crippen molar-refractivity contribution in [2.24, 2.45) is 22.7 Å². The van der Waals surface area contributed by atoms with E-state index in [1.54, 1.807) is 24.3 Å². The number of allylic oxidation sites excluding steroid dienone is 7. The first kappa shape index (κ1) is 28.6. The predicted octanol–water partition coefficient (Wildman–Crippen LogP) is 7.76. The van der Waals surface area contributed by atoms with Crippen LogP contribution in [0.25, 0.3) is 5.76 Å². The largest absolute Gasteiger partial charge is 0.506 e. The van der Waals surface area contributed by atoms with E-state index < -0.39 is 28.3 Å². The minimum atomic E-state index is -1.34. The summed E-state index contributed by atoms with van der Waals surface area (Å²) in [4.78, 5) is 42.6. The van der Waals surface area contributed by atoms with Gasteiger partial charge in [0, 0.05) is 5.56 Å². The molecule has 2 aliphatic rings. The lowest BCUT2D eigenvalue weighted by atomic mass is 9.44. The van der Waals surface area contributed by atoms with Crippen molar-refractivity contribution in [1.29, 1.82) is 0 Å². The minimum absolute atomic E-state index is 0.0189. The van der Waals surface area contributed by atoms with Crippen LogP contribution < -0.4 is 0 Å². The molecule has 0 aliphatic heterocycles. The standard InChI is InChI=1S/C33H42O4/c1-21(2)12-11-18-32(7)25(16-15-22(3)4)20-33(19-17-23(5)6)30(36)26(29(35)27(32)31(33)37)28(34)24-13-9-8-10-14-24/h8-10,12-15,17,25,27,34H,11,16,18-20H2,1-7H3/t25-,27-,32+,33+/m1/s1. The zero-order valence-corrected chi connectivity index (χ0v) is 23.5. The van der Waals surface area contributed by atoms with Crippen LogP contribution in [0.4, 0.5) is 0 Å². The van der Waals surface area contributed by atoms with E-state index in [2.05, 4.69) is 12.2 Å². The molecule has 0 aromatic heterocycles. The second kappa shape index (κ2) is 11.2. The Labute approximate surface area is 222 Å². The number of benzene rings is 1. The van der Waals surface area contributed by atoms with Crippen LogP contribution in [0, 0.1) is 22.7 Å². The number of carbonyl (C=O) groups is 3. The van der Waals surface area contributed by atoms with Crippen LogP contribution in [-0.4, -0.2) is 22.5 Å². The lowest BCUT2D eigenvalue weighted by molar-refractivity contribution is -0.163. The molecule has 2 fully saturated rings. The van der Waals surface area contributed by atoms with Crippen molar-refractivity contribution >= 4 is 23.1 Å². The first-order valence-corrected chi connectivity index (χ1v) is 13.4. The average molecular weight is 503 g/mol. The number of fused-ring (bicyclic) bond motifs is 2. The van der Waals surface area contributed by atoms with Crippen molar-refractivity contribution in [2.75, 3.05) is 0 Å². The van der Waals surface area contributed by atoms with Gasteiger partial charge < -0.3 is 5.11 Å². The number of hydrogen-bond donors (Lipinski definition) is 1. The number of carbonyl (C=O) groups excluding carboxylic acids is 3. The molecule has 2 saturated carbocycles. The van der Waals surface area contributed by atoms with Crippen LogP contribution in [-0.2, 0) is 14.4 Å². The summed E-state index contributed by atoms with van der Waals surface area (Å²) >= 11 is 0. The Kier molecular flexibility index (Phi) is 8.62. The summed E-state index contributed by atoms with van der Waals surface area (Å²) in [5.41, 5.74) is 1.61. The lowest BCUT2D eigenvalue weighted by Crippen LogP contribution is -2.63. The van der Waals surface area contributed by atoms with E-state index in [1.807, 2.05) is 60.6 Å². The second-order valence-corrected chi connectivity index (χ2v) is 11.9. The highest BCUT2D eigenvalue weighted by molar-refractivity contribution is 6.39. The van der Waals surface area contributed by atoms with Gasteiger partial charge in [0.25, 0.3) is 0 Å². The third kappa shape index (κ3) is 5.49. The van der Waals surface area contributed by atoms with Gasteiger partial charge in [0.15, 0.2) is 17.3 Å². The smallest absolute Gasteiger partial charge is 0.184 e. The van der Waals surface area contributed by atoms with E-state index in [-0.39, 0.29) is 29.5 Å². The Morgan fingerprint density at radius 2 is 1.51 bits per heavy atom. The molecular formula is C33H42O4. The van der Waals surface area contributed by atoms with Crippen LogP contribution in [0.1, 0.15) is 86.1 Å². The molecule has 0 radical (unpaired) electrons. The normalized spacial score (nSPS) is 28.5. The summed E-state index contributed by atoms with van der Waals surface area (Å²) in [5, 5.41) is 11.3. The fourth-order valence-corrected chi connectivity index (χ4v) is 6.05. The maximum Gasteiger partial charge on any atom is 0.184 e. The Bertz CT molecular complexity index is 1180. The Hall–Kier alpha value is -3.01. The van der Waals surface area contributed by atoms with E-state index in [0.717, 1.165) is 12.0 Å². The molecule has 1 aromatic rings. The minimum Gasteiger partial charge on any atom is -0.506 e. The lowest BCUT2D eigenvalue weighted by Gasteiger charge is -2.55. The van der Waals surface area contributed by atoms with Crippen molar-refractivity contribution in [2.45, 2.75) is 80.6 Å². The maximum absolute atomic E-state index is 14.3. The molecule has 0 saturated heterocycles. The second-order valence-electron chi connectivity index (χ2n) is 11.9. The molecule has 0 unspecified atom stereocenters. The molecule has 1 aromatic carbocycles. The number of rotatable bonds is 8. The van der Waals surface area contributed by atoms with E-state index >= 15 is 0 Å². The molecule has 0 heterocycles. The number of aliphatic hydroxyl groups is 1. The van der Waals surface area contributed by atoms with Gasteiger partial charge in [-0.15, -0.1) is 0 Å². The first-order valence-electron chi connectivity index (χ1n) is 13.4. The molecule has 4 nitrogen and oxygen atoms in total. The van der Waals surface area contributed by atoms with Gasteiger partial charge in [-0.25, -0.2) is 0 Å². The fraction of sp³-hybridized carbons (Fsp3) is 0.485. The van der Waals surface area contributed by atoms with Crippen molar-refractivity contribution in [1.82, 2.24) is 0 Å². The van der Waals surface area contributed by atoms with Gasteiger partial charge in [-0.2, -0.15) is 0 Å². The SMILES string of the molecule is CC(C)=CCC[C@@]1(C)[C@H](CC=C(C)C)C[C@@]2(CC=C(C)C)C(=O)C(=C(O)c3ccccc3)C(=O)[C@@H]1C2=O. The fourth-order valence-electron chi connectivity index (χ4n) is 6.05. The molecule has 1 N–H and O–H groups in total. The molecule has 2 bridgehead atoms. The van der Waals surface area contributed by atoms with E-state index in [0.29, 0.717) is 24.8 Å². The summed E-state index contributed by atoms with van der Waals surface area (Å²) in [5.74, 6) is -2.61. The molecule has 4 heteroatoms. The molecule has 4 atom stereocenters. The van der Waals surface area contributed by atoms with Gasteiger partial charge in [0.05, 0.1) is 11.3 Å². The average Bonchev–Trinajstić information content (AvgIpc) is 2.82. The number of hydrogen-bond acceptors (Lipinski definition) is 4. The summed E-state index contributed by atoms with van der Waals surface area (Å²) in [6.07, 6.45) is 8.98. The molecule has 37 heavy (non-hydrogen) atoms. The summed E-state index contributed by atoms with van der Waals surface area (Å²) < 4.78 is 0. The zero-order valence-electron chi connectivity index (χ0n) is 23.5. The van der Waals surface area contributed by atoms with Gasteiger partial charge in [0.1, 0.15) is 11.3 Å². The molecule has 2 aliphatic carbocycles. The van der Waals surface area contributed by atoms with E-state index in [1.165, 1.54) is 11.1 Å². The monoisotopic (exact) mass is 502 g/mol. The van der Waals surface area contributed by atoms with Gasteiger partial charge in [-0.3, -0.25) is 14.4 Å². The third-order valence-corrected chi connectivity index (χ3v) is 8.28. The van der Waals surface area contributed by atoms with Crippen molar-refractivity contribution in [3.63, 3.8) is 0 Å². The van der Waals surface area contributed by atoms with Crippen LogP contribution >= 0.6 is 0 Å². The Morgan fingerprint density at radius 1 is 0.919 bits per heavy atom. The highest BCUT2D eigenvalue weighted by Gasteiger charge is 2.67.